The van der Waals surface area contributed by atoms with Crippen LogP contribution in [0, 0.1) is 6.92 Å². The maximum atomic E-state index is 11.8. The fourth-order valence-electron chi connectivity index (χ4n) is 2.48. The number of aryl methyl sites for hydroxylation is 1. The molecule has 23 heavy (non-hydrogen) atoms. The van der Waals surface area contributed by atoms with Crippen LogP contribution in [0.15, 0.2) is 18.2 Å². The first-order chi connectivity index (χ1) is 10.7. The summed E-state index contributed by atoms with van der Waals surface area (Å²) in [5.74, 6) is 0.938. The number of carbonyl (C=O) groups is 1. The highest BCUT2D eigenvalue weighted by Gasteiger charge is 2.16. The summed E-state index contributed by atoms with van der Waals surface area (Å²) in [6.45, 7) is 4.39. The fraction of sp³-hybridized carbons (Fsp3) is 0.588. The first kappa shape index (κ1) is 19.7. The lowest BCUT2D eigenvalue weighted by atomic mass is 10.1. The second-order valence-electron chi connectivity index (χ2n) is 5.67. The van der Waals surface area contributed by atoms with Gasteiger partial charge in [0.05, 0.1) is 13.2 Å². The molecule has 1 fully saturated rings. The van der Waals surface area contributed by atoms with Gasteiger partial charge in [-0.15, -0.1) is 12.4 Å². The molecule has 6 heteroatoms. The fourth-order valence-corrected chi connectivity index (χ4v) is 2.48. The summed E-state index contributed by atoms with van der Waals surface area (Å²) in [5.41, 5.74) is 1.87. The van der Waals surface area contributed by atoms with Crippen LogP contribution in [0.1, 0.15) is 31.2 Å². The lowest BCUT2D eigenvalue weighted by molar-refractivity contribution is -0.116. The predicted molar refractivity (Wildman–Crippen MR) is 94.7 cm³/mol. The Morgan fingerprint density at radius 3 is 2.74 bits per heavy atom. The number of ether oxygens (including phenoxy) is 2. The molecule has 1 aromatic carbocycles. The van der Waals surface area contributed by atoms with E-state index in [0.29, 0.717) is 6.42 Å². The Kier molecular flexibility index (Phi) is 8.99. The molecule has 0 atom stereocenters. The van der Waals surface area contributed by atoms with E-state index in [-0.39, 0.29) is 24.4 Å². The lowest BCUT2D eigenvalue weighted by Crippen LogP contribution is -2.26. The van der Waals surface area contributed by atoms with E-state index < -0.39 is 0 Å². The van der Waals surface area contributed by atoms with Gasteiger partial charge in [-0.1, -0.05) is 0 Å². The number of anilines is 1. The van der Waals surface area contributed by atoms with E-state index in [2.05, 4.69) is 10.6 Å². The van der Waals surface area contributed by atoms with Crippen LogP contribution in [0.3, 0.4) is 0 Å². The number of hydrogen-bond acceptors (Lipinski definition) is 4. The standard InChI is InChI=1S/C17H26N2O3.ClH/c1-13-12-14(19-17(20)4-3-9-18-2)5-6-16(13)22-15-7-10-21-11-8-15;/h5-6,12,15,18H,3-4,7-11H2,1-2H3,(H,19,20);1H. The molecular formula is C17H27ClN2O3. The average molecular weight is 343 g/mol. The zero-order chi connectivity index (χ0) is 15.8. The van der Waals surface area contributed by atoms with Gasteiger partial charge in [-0.3, -0.25) is 4.79 Å². The number of benzene rings is 1. The number of nitrogens with one attached hydrogen (secondary N) is 2. The minimum atomic E-state index is 0. The molecule has 2 rings (SSSR count). The van der Waals surface area contributed by atoms with Crippen LogP contribution < -0.4 is 15.4 Å². The molecule has 0 unspecified atom stereocenters. The van der Waals surface area contributed by atoms with Crippen LogP contribution in [-0.2, 0) is 9.53 Å². The summed E-state index contributed by atoms with van der Waals surface area (Å²) in [5, 5.41) is 5.97. The monoisotopic (exact) mass is 342 g/mol. The van der Waals surface area contributed by atoms with Crippen molar-refractivity contribution in [3.05, 3.63) is 23.8 Å². The zero-order valence-electron chi connectivity index (χ0n) is 13.9. The van der Waals surface area contributed by atoms with Crippen LogP contribution >= 0.6 is 12.4 Å². The van der Waals surface area contributed by atoms with E-state index in [1.54, 1.807) is 0 Å². The second-order valence-corrected chi connectivity index (χ2v) is 5.67. The topological polar surface area (TPSA) is 59.6 Å². The van der Waals surface area contributed by atoms with Gasteiger partial charge in [-0.25, -0.2) is 0 Å². The number of amides is 1. The molecule has 1 aromatic rings. The van der Waals surface area contributed by atoms with Gasteiger partial charge in [0.2, 0.25) is 5.91 Å². The number of carbonyl (C=O) groups excluding carboxylic acids is 1. The summed E-state index contributed by atoms with van der Waals surface area (Å²) in [6, 6.07) is 5.80. The highest BCUT2D eigenvalue weighted by Crippen LogP contribution is 2.25. The molecule has 0 bridgehead atoms. The van der Waals surface area contributed by atoms with E-state index in [9.17, 15) is 4.79 Å². The smallest absolute Gasteiger partial charge is 0.224 e. The average Bonchev–Trinajstić information content (AvgIpc) is 2.51. The third kappa shape index (κ3) is 6.77. The molecule has 130 valence electrons. The number of rotatable bonds is 7. The van der Waals surface area contributed by atoms with Crippen molar-refractivity contribution < 1.29 is 14.3 Å². The van der Waals surface area contributed by atoms with Gasteiger partial charge in [-0.05, 0) is 50.7 Å². The van der Waals surface area contributed by atoms with Crippen molar-refractivity contribution in [2.75, 3.05) is 32.1 Å². The Balaban J connectivity index is 0.00000264. The van der Waals surface area contributed by atoms with Gasteiger partial charge in [0, 0.05) is 24.9 Å². The molecule has 5 nitrogen and oxygen atoms in total. The SMILES string of the molecule is CNCCCC(=O)Nc1ccc(OC2CCOCC2)c(C)c1.Cl. The lowest BCUT2D eigenvalue weighted by Gasteiger charge is -2.24. The van der Waals surface area contributed by atoms with E-state index in [4.69, 9.17) is 9.47 Å². The van der Waals surface area contributed by atoms with Crippen LogP contribution in [-0.4, -0.2) is 38.8 Å². The first-order valence-electron chi connectivity index (χ1n) is 7.98. The molecule has 1 aliphatic rings. The van der Waals surface area contributed by atoms with E-state index >= 15 is 0 Å². The molecule has 1 heterocycles. The van der Waals surface area contributed by atoms with Crippen molar-refractivity contribution in [3.63, 3.8) is 0 Å². The van der Waals surface area contributed by atoms with E-state index in [1.165, 1.54) is 0 Å². The van der Waals surface area contributed by atoms with Crippen molar-refractivity contribution >= 4 is 24.0 Å². The van der Waals surface area contributed by atoms with E-state index in [1.807, 2.05) is 32.2 Å². The quantitative estimate of drug-likeness (QED) is 0.748. The molecule has 1 amide bonds. The van der Waals surface area contributed by atoms with Gasteiger partial charge < -0.3 is 20.1 Å². The van der Waals surface area contributed by atoms with Gasteiger partial charge in [0.15, 0.2) is 0 Å². The highest BCUT2D eigenvalue weighted by molar-refractivity contribution is 5.90. The molecule has 0 aromatic heterocycles. The maximum Gasteiger partial charge on any atom is 0.224 e. The molecule has 1 aliphatic heterocycles. The molecule has 0 spiro atoms. The van der Waals surface area contributed by atoms with Crippen LogP contribution in [0.4, 0.5) is 5.69 Å². The van der Waals surface area contributed by atoms with Gasteiger partial charge in [-0.2, -0.15) is 0 Å². The Labute approximate surface area is 144 Å². The highest BCUT2D eigenvalue weighted by atomic mass is 35.5. The second kappa shape index (κ2) is 10.5. The van der Waals surface area contributed by atoms with Crippen LogP contribution in [0.25, 0.3) is 0 Å². The minimum absolute atomic E-state index is 0. The van der Waals surface area contributed by atoms with Crippen LogP contribution in [0.5, 0.6) is 5.75 Å². The molecule has 2 N–H and O–H groups in total. The van der Waals surface area contributed by atoms with E-state index in [0.717, 1.165) is 56.0 Å². The number of halogens is 1. The Morgan fingerprint density at radius 1 is 1.35 bits per heavy atom. The molecule has 0 saturated carbocycles. The first-order valence-corrected chi connectivity index (χ1v) is 7.98. The van der Waals surface area contributed by atoms with Gasteiger partial charge in [0.25, 0.3) is 0 Å². The largest absolute Gasteiger partial charge is 0.490 e. The maximum absolute atomic E-state index is 11.8. The number of hydrogen-bond donors (Lipinski definition) is 2. The van der Waals surface area contributed by atoms with Crippen molar-refractivity contribution in [2.24, 2.45) is 0 Å². The summed E-state index contributed by atoms with van der Waals surface area (Å²) in [4.78, 5) is 11.8. The van der Waals surface area contributed by atoms with Crippen molar-refractivity contribution in [3.8, 4) is 5.75 Å². The summed E-state index contributed by atoms with van der Waals surface area (Å²) in [6.07, 6.45) is 3.47. The summed E-state index contributed by atoms with van der Waals surface area (Å²) < 4.78 is 11.4. The summed E-state index contributed by atoms with van der Waals surface area (Å²) >= 11 is 0. The minimum Gasteiger partial charge on any atom is -0.490 e. The van der Waals surface area contributed by atoms with Crippen molar-refractivity contribution in [1.29, 1.82) is 0 Å². The molecule has 0 radical (unpaired) electrons. The van der Waals surface area contributed by atoms with Crippen molar-refractivity contribution in [1.82, 2.24) is 5.32 Å². The zero-order valence-corrected chi connectivity index (χ0v) is 14.7. The Hall–Kier alpha value is -1.30. The third-order valence-electron chi connectivity index (χ3n) is 3.75. The molecule has 0 aliphatic carbocycles. The predicted octanol–water partition coefficient (Wildman–Crippen LogP) is 2.91. The summed E-state index contributed by atoms with van der Waals surface area (Å²) in [7, 11) is 1.89. The Bertz CT molecular complexity index is 491. The van der Waals surface area contributed by atoms with Crippen molar-refractivity contribution in [2.45, 2.75) is 38.7 Å². The molecular weight excluding hydrogens is 316 g/mol. The molecule has 1 saturated heterocycles. The van der Waals surface area contributed by atoms with Gasteiger partial charge in [0.1, 0.15) is 11.9 Å². The Morgan fingerprint density at radius 2 is 2.09 bits per heavy atom. The van der Waals surface area contributed by atoms with Crippen LogP contribution in [0.2, 0.25) is 0 Å². The van der Waals surface area contributed by atoms with Gasteiger partial charge >= 0.3 is 0 Å². The normalized spacial score (nSPS) is 14.9. The third-order valence-corrected chi connectivity index (χ3v) is 3.75.